The molecule has 0 aliphatic heterocycles. The molecule has 202 valence electrons. The van der Waals surface area contributed by atoms with E-state index in [4.69, 9.17) is 0 Å². The summed E-state index contributed by atoms with van der Waals surface area (Å²) in [7, 11) is 0. The molecule has 0 amide bonds. The molecule has 0 atom stereocenters. The third-order valence-electron chi connectivity index (χ3n) is 9.08. The Kier molecular flexibility index (Phi) is 5.37. The molecule has 0 saturated heterocycles. The summed E-state index contributed by atoms with van der Waals surface area (Å²) in [5.41, 5.74) is 11.3. The van der Waals surface area contributed by atoms with Gasteiger partial charge in [0.2, 0.25) is 0 Å². The van der Waals surface area contributed by atoms with Crippen molar-refractivity contribution in [2.75, 3.05) is 0 Å². The van der Waals surface area contributed by atoms with Crippen molar-refractivity contribution in [3.63, 3.8) is 0 Å². The SMILES string of the molecule is CC(C)(C)c1c2c(c(-c3ccc4ccccc4c3-c3c(O)ccc4ccccc34)c3ccccc13)-c1ccccc1C2. The van der Waals surface area contributed by atoms with Gasteiger partial charge in [0.15, 0.2) is 0 Å². The molecule has 0 saturated carbocycles. The number of hydrogen-bond acceptors (Lipinski definition) is 1. The minimum absolute atomic E-state index is 0.0234. The maximum atomic E-state index is 11.6. The fourth-order valence-electron chi connectivity index (χ4n) is 7.48. The molecule has 1 nitrogen and oxygen atoms in total. The minimum Gasteiger partial charge on any atom is -0.507 e. The van der Waals surface area contributed by atoms with Gasteiger partial charge in [0.1, 0.15) is 5.75 Å². The molecule has 0 unspecified atom stereocenters. The Hall–Kier alpha value is -4.88. The molecule has 0 spiro atoms. The Balaban J connectivity index is 1.62. The van der Waals surface area contributed by atoms with Crippen molar-refractivity contribution in [2.45, 2.75) is 32.6 Å². The number of aromatic hydroxyl groups is 1. The number of rotatable bonds is 2. The Bertz CT molecular complexity index is 2210. The van der Waals surface area contributed by atoms with Gasteiger partial charge in [-0.3, -0.25) is 0 Å². The van der Waals surface area contributed by atoms with Crippen LogP contribution in [-0.2, 0) is 11.8 Å². The molecular formula is C41H32O. The van der Waals surface area contributed by atoms with E-state index in [0.29, 0.717) is 5.75 Å². The number of fused-ring (bicyclic) bond motifs is 6. The van der Waals surface area contributed by atoms with Crippen LogP contribution in [0.3, 0.4) is 0 Å². The molecule has 1 heteroatoms. The van der Waals surface area contributed by atoms with Crippen LogP contribution < -0.4 is 0 Å². The Labute approximate surface area is 246 Å². The normalized spacial score (nSPS) is 12.6. The van der Waals surface area contributed by atoms with Crippen LogP contribution in [0, 0.1) is 0 Å². The lowest BCUT2D eigenvalue weighted by Gasteiger charge is -2.28. The summed E-state index contributed by atoms with van der Waals surface area (Å²) in [6, 6.07) is 43.2. The highest BCUT2D eigenvalue weighted by Crippen LogP contribution is 2.54. The molecule has 0 bridgehead atoms. The van der Waals surface area contributed by atoms with Gasteiger partial charge < -0.3 is 5.11 Å². The van der Waals surface area contributed by atoms with Gasteiger partial charge in [-0.25, -0.2) is 0 Å². The summed E-state index contributed by atoms with van der Waals surface area (Å²) in [6.45, 7) is 7.02. The van der Waals surface area contributed by atoms with Crippen LogP contribution in [0.15, 0.2) is 121 Å². The first kappa shape index (κ1) is 24.9. The van der Waals surface area contributed by atoms with E-state index in [9.17, 15) is 5.11 Å². The molecule has 7 aromatic rings. The number of phenols is 1. The predicted molar refractivity (Wildman–Crippen MR) is 178 cm³/mol. The smallest absolute Gasteiger partial charge is 0.124 e. The Morgan fingerprint density at radius 2 is 1.05 bits per heavy atom. The maximum absolute atomic E-state index is 11.6. The summed E-state index contributed by atoms with van der Waals surface area (Å²) in [6.07, 6.45) is 0.929. The molecular weight excluding hydrogens is 508 g/mol. The maximum Gasteiger partial charge on any atom is 0.124 e. The van der Waals surface area contributed by atoms with Gasteiger partial charge in [0.25, 0.3) is 0 Å². The summed E-state index contributed by atoms with van der Waals surface area (Å²) < 4.78 is 0. The largest absolute Gasteiger partial charge is 0.507 e. The number of phenolic OH excluding ortho intramolecular Hbond substituents is 1. The standard InChI is InChI=1S/C41H32O/c1-41(2,3)40-32-19-11-10-18-31(32)38(37-30-17-9-6-14-27(30)24-34(37)40)33-22-20-25-12-4-7-15-28(25)36(33)39-29-16-8-5-13-26(29)21-23-35(39)42/h4-23,42H,24H2,1-3H3. The van der Waals surface area contributed by atoms with Gasteiger partial charge in [0.05, 0.1) is 0 Å². The average Bonchev–Trinajstić information content (AvgIpc) is 3.37. The van der Waals surface area contributed by atoms with E-state index in [-0.39, 0.29) is 5.41 Å². The van der Waals surface area contributed by atoms with E-state index >= 15 is 0 Å². The zero-order valence-corrected chi connectivity index (χ0v) is 24.2. The molecule has 0 aromatic heterocycles. The third kappa shape index (κ3) is 3.56. The van der Waals surface area contributed by atoms with E-state index in [1.54, 1.807) is 0 Å². The van der Waals surface area contributed by atoms with E-state index in [2.05, 4.69) is 130 Å². The van der Waals surface area contributed by atoms with Gasteiger partial charge in [-0.2, -0.15) is 0 Å². The quantitative estimate of drug-likeness (QED) is 0.231. The first-order chi connectivity index (χ1) is 20.4. The highest BCUT2D eigenvalue weighted by molar-refractivity contribution is 6.18. The zero-order valence-electron chi connectivity index (χ0n) is 24.2. The van der Waals surface area contributed by atoms with Crippen molar-refractivity contribution < 1.29 is 5.11 Å². The van der Waals surface area contributed by atoms with Gasteiger partial charge in [0, 0.05) is 11.1 Å². The second-order valence-electron chi connectivity index (χ2n) is 12.6. The van der Waals surface area contributed by atoms with Crippen LogP contribution in [0.4, 0.5) is 0 Å². The highest BCUT2D eigenvalue weighted by Gasteiger charge is 2.33. The second-order valence-corrected chi connectivity index (χ2v) is 12.6. The van der Waals surface area contributed by atoms with Crippen LogP contribution >= 0.6 is 0 Å². The van der Waals surface area contributed by atoms with Crippen molar-refractivity contribution in [3.05, 3.63) is 138 Å². The molecule has 0 fully saturated rings. The minimum atomic E-state index is -0.0234. The Morgan fingerprint density at radius 3 is 1.76 bits per heavy atom. The third-order valence-corrected chi connectivity index (χ3v) is 9.08. The van der Waals surface area contributed by atoms with Gasteiger partial charge in [-0.05, 0) is 89.2 Å². The highest BCUT2D eigenvalue weighted by atomic mass is 16.3. The van der Waals surface area contributed by atoms with Crippen molar-refractivity contribution in [2.24, 2.45) is 0 Å². The molecule has 1 aliphatic rings. The van der Waals surface area contributed by atoms with Crippen molar-refractivity contribution in [1.82, 2.24) is 0 Å². The molecule has 8 rings (SSSR count). The lowest BCUT2D eigenvalue weighted by Crippen LogP contribution is -2.15. The zero-order chi connectivity index (χ0) is 28.6. The van der Waals surface area contributed by atoms with Gasteiger partial charge >= 0.3 is 0 Å². The first-order valence-corrected chi connectivity index (χ1v) is 14.8. The summed E-state index contributed by atoms with van der Waals surface area (Å²) in [5.74, 6) is 0.305. The number of benzene rings is 7. The molecule has 1 N–H and O–H groups in total. The van der Waals surface area contributed by atoms with Crippen LogP contribution in [0.25, 0.3) is 65.7 Å². The van der Waals surface area contributed by atoms with Crippen LogP contribution in [0.1, 0.15) is 37.5 Å². The van der Waals surface area contributed by atoms with E-state index in [1.807, 2.05) is 12.1 Å². The van der Waals surface area contributed by atoms with Crippen LogP contribution in [-0.4, -0.2) is 5.11 Å². The van der Waals surface area contributed by atoms with E-state index in [1.165, 1.54) is 44.2 Å². The molecule has 1 aliphatic carbocycles. The monoisotopic (exact) mass is 540 g/mol. The van der Waals surface area contributed by atoms with Crippen LogP contribution in [0.2, 0.25) is 0 Å². The van der Waals surface area contributed by atoms with E-state index < -0.39 is 0 Å². The van der Waals surface area contributed by atoms with Crippen molar-refractivity contribution in [3.8, 4) is 39.1 Å². The van der Waals surface area contributed by atoms with E-state index in [0.717, 1.165) is 44.7 Å². The Morgan fingerprint density at radius 1 is 0.476 bits per heavy atom. The average molecular weight is 541 g/mol. The topological polar surface area (TPSA) is 20.2 Å². The lowest BCUT2D eigenvalue weighted by atomic mass is 9.75. The van der Waals surface area contributed by atoms with Gasteiger partial charge in [-0.15, -0.1) is 0 Å². The second kappa shape index (κ2) is 9.06. The summed E-state index contributed by atoms with van der Waals surface area (Å²) >= 11 is 0. The van der Waals surface area contributed by atoms with Crippen LogP contribution in [0.5, 0.6) is 5.75 Å². The fraction of sp³-hybridized carbons (Fsp3) is 0.122. The molecule has 42 heavy (non-hydrogen) atoms. The summed E-state index contributed by atoms with van der Waals surface area (Å²) in [5, 5.41) is 18.7. The van der Waals surface area contributed by atoms with Crippen molar-refractivity contribution >= 4 is 32.3 Å². The molecule has 0 radical (unpaired) electrons. The molecule has 0 heterocycles. The predicted octanol–water partition coefficient (Wildman–Crippen LogP) is 11.1. The van der Waals surface area contributed by atoms with Crippen molar-refractivity contribution in [1.29, 1.82) is 0 Å². The lowest BCUT2D eigenvalue weighted by molar-refractivity contribution is 0.478. The summed E-state index contributed by atoms with van der Waals surface area (Å²) in [4.78, 5) is 0. The van der Waals surface area contributed by atoms with Gasteiger partial charge in [-0.1, -0.05) is 136 Å². The fourth-order valence-corrected chi connectivity index (χ4v) is 7.48. The number of hydrogen-bond donors (Lipinski definition) is 1. The molecule has 7 aromatic carbocycles. The first-order valence-electron chi connectivity index (χ1n) is 14.8.